The fourth-order valence-corrected chi connectivity index (χ4v) is 0.971. The van der Waals surface area contributed by atoms with E-state index >= 15 is 0 Å². The Morgan fingerprint density at radius 1 is 1.36 bits per heavy atom. The normalized spacial score (nSPS) is 13.9. The SMILES string of the molecule is CCCCCN(C)C(C)CO. The highest BCUT2D eigenvalue weighted by Crippen LogP contribution is 1.99. The molecule has 0 fully saturated rings. The van der Waals surface area contributed by atoms with Gasteiger partial charge in [-0.3, -0.25) is 0 Å². The Kier molecular flexibility index (Phi) is 6.57. The van der Waals surface area contributed by atoms with Gasteiger partial charge in [0.05, 0.1) is 6.61 Å². The van der Waals surface area contributed by atoms with E-state index in [9.17, 15) is 0 Å². The highest BCUT2D eigenvalue weighted by molar-refractivity contribution is 4.60. The van der Waals surface area contributed by atoms with E-state index in [1.54, 1.807) is 0 Å². The molecule has 0 aromatic carbocycles. The van der Waals surface area contributed by atoms with Crippen molar-refractivity contribution in [3.63, 3.8) is 0 Å². The first-order chi connectivity index (χ1) is 5.22. The van der Waals surface area contributed by atoms with Crippen LogP contribution in [0, 0.1) is 0 Å². The molecule has 0 heterocycles. The number of nitrogens with zero attached hydrogens (tertiary/aromatic N) is 1. The largest absolute Gasteiger partial charge is 0.395 e. The van der Waals surface area contributed by atoms with E-state index in [2.05, 4.69) is 18.9 Å². The summed E-state index contributed by atoms with van der Waals surface area (Å²) in [4.78, 5) is 2.20. The van der Waals surface area contributed by atoms with Crippen LogP contribution in [0.1, 0.15) is 33.1 Å². The van der Waals surface area contributed by atoms with Gasteiger partial charge in [-0.25, -0.2) is 0 Å². The lowest BCUT2D eigenvalue weighted by atomic mass is 10.2. The van der Waals surface area contributed by atoms with E-state index in [-0.39, 0.29) is 6.61 Å². The predicted molar refractivity (Wildman–Crippen MR) is 48.7 cm³/mol. The van der Waals surface area contributed by atoms with E-state index in [0.717, 1.165) is 6.54 Å². The first-order valence-electron chi connectivity index (χ1n) is 4.53. The lowest BCUT2D eigenvalue weighted by Gasteiger charge is -2.22. The standard InChI is InChI=1S/C9H21NO/c1-4-5-6-7-10(3)9(2)8-11/h9,11H,4-8H2,1-3H3. The van der Waals surface area contributed by atoms with Gasteiger partial charge in [-0.05, 0) is 26.9 Å². The van der Waals surface area contributed by atoms with Crippen molar-refractivity contribution in [1.29, 1.82) is 0 Å². The summed E-state index contributed by atoms with van der Waals surface area (Å²) in [5, 5.41) is 8.82. The van der Waals surface area contributed by atoms with Crippen LogP contribution in [0.5, 0.6) is 0 Å². The minimum absolute atomic E-state index is 0.266. The maximum Gasteiger partial charge on any atom is 0.0584 e. The number of aliphatic hydroxyl groups is 1. The van der Waals surface area contributed by atoms with Crippen LogP contribution in [-0.4, -0.2) is 36.2 Å². The number of hydrogen-bond acceptors (Lipinski definition) is 2. The van der Waals surface area contributed by atoms with Gasteiger partial charge < -0.3 is 10.0 Å². The third-order valence-corrected chi connectivity index (χ3v) is 2.13. The van der Waals surface area contributed by atoms with Crippen molar-refractivity contribution in [2.75, 3.05) is 20.2 Å². The molecule has 2 nitrogen and oxygen atoms in total. The summed E-state index contributed by atoms with van der Waals surface area (Å²) in [6, 6.07) is 0.312. The van der Waals surface area contributed by atoms with Crippen LogP contribution in [0.15, 0.2) is 0 Å². The molecule has 0 aromatic rings. The summed E-state index contributed by atoms with van der Waals surface area (Å²) in [5.74, 6) is 0. The van der Waals surface area contributed by atoms with Crippen molar-refractivity contribution in [1.82, 2.24) is 4.90 Å². The van der Waals surface area contributed by atoms with Gasteiger partial charge in [-0.15, -0.1) is 0 Å². The molecule has 1 unspecified atom stereocenters. The highest BCUT2D eigenvalue weighted by Gasteiger charge is 2.05. The van der Waals surface area contributed by atoms with Crippen molar-refractivity contribution in [3.8, 4) is 0 Å². The van der Waals surface area contributed by atoms with Crippen LogP contribution in [0.2, 0.25) is 0 Å². The molecule has 0 aliphatic rings. The quantitative estimate of drug-likeness (QED) is 0.593. The zero-order valence-corrected chi connectivity index (χ0v) is 8.01. The molecule has 0 rings (SSSR count). The Morgan fingerprint density at radius 3 is 2.45 bits per heavy atom. The molecule has 2 heteroatoms. The van der Waals surface area contributed by atoms with Crippen molar-refractivity contribution >= 4 is 0 Å². The third kappa shape index (κ3) is 5.22. The Morgan fingerprint density at radius 2 is 2.00 bits per heavy atom. The molecule has 0 aliphatic heterocycles. The second-order valence-corrected chi connectivity index (χ2v) is 3.22. The second-order valence-electron chi connectivity index (χ2n) is 3.22. The molecule has 1 N–H and O–H groups in total. The molecular formula is C9H21NO. The Hall–Kier alpha value is -0.0800. The maximum absolute atomic E-state index is 8.82. The number of unbranched alkanes of at least 4 members (excludes halogenated alkanes) is 2. The Bertz CT molecular complexity index is 85.6. The van der Waals surface area contributed by atoms with Gasteiger partial charge in [0.15, 0.2) is 0 Å². The van der Waals surface area contributed by atoms with E-state index < -0.39 is 0 Å². The molecule has 0 spiro atoms. The van der Waals surface area contributed by atoms with Crippen molar-refractivity contribution in [3.05, 3.63) is 0 Å². The Labute approximate surface area is 70.2 Å². The number of hydrogen-bond donors (Lipinski definition) is 1. The van der Waals surface area contributed by atoms with Crippen LogP contribution in [-0.2, 0) is 0 Å². The van der Waals surface area contributed by atoms with Gasteiger partial charge in [0, 0.05) is 6.04 Å². The van der Waals surface area contributed by atoms with Crippen LogP contribution >= 0.6 is 0 Å². The second kappa shape index (κ2) is 6.62. The highest BCUT2D eigenvalue weighted by atomic mass is 16.3. The molecule has 68 valence electrons. The summed E-state index contributed by atoms with van der Waals surface area (Å²) in [6.45, 7) is 5.62. The summed E-state index contributed by atoms with van der Waals surface area (Å²) in [5.41, 5.74) is 0. The van der Waals surface area contributed by atoms with Gasteiger partial charge in [-0.2, -0.15) is 0 Å². The van der Waals surface area contributed by atoms with E-state index in [1.807, 2.05) is 6.92 Å². The minimum atomic E-state index is 0.266. The number of likely N-dealkylation sites (N-methyl/N-ethyl adjacent to an activating group) is 1. The monoisotopic (exact) mass is 159 g/mol. The molecule has 0 saturated heterocycles. The summed E-state index contributed by atoms with van der Waals surface area (Å²) < 4.78 is 0. The molecule has 0 saturated carbocycles. The first kappa shape index (κ1) is 10.9. The maximum atomic E-state index is 8.82. The molecule has 11 heavy (non-hydrogen) atoms. The van der Waals surface area contributed by atoms with E-state index in [4.69, 9.17) is 5.11 Å². The van der Waals surface area contributed by atoms with Gasteiger partial charge in [0.25, 0.3) is 0 Å². The molecule has 0 radical (unpaired) electrons. The minimum Gasteiger partial charge on any atom is -0.395 e. The van der Waals surface area contributed by atoms with E-state index in [1.165, 1.54) is 19.3 Å². The molecule has 0 aliphatic carbocycles. The van der Waals surface area contributed by atoms with Gasteiger partial charge in [-0.1, -0.05) is 19.8 Å². The van der Waals surface area contributed by atoms with Crippen molar-refractivity contribution < 1.29 is 5.11 Å². The zero-order valence-electron chi connectivity index (χ0n) is 8.01. The van der Waals surface area contributed by atoms with Crippen LogP contribution < -0.4 is 0 Å². The van der Waals surface area contributed by atoms with Crippen molar-refractivity contribution in [2.24, 2.45) is 0 Å². The first-order valence-corrected chi connectivity index (χ1v) is 4.53. The zero-order chi connectivity index (χ0) is 8.69. The average molecular weight is 159 g/mol. The van der Waals surface area contributed by atoms with Gasteiger partial charge in [0.2, 0.25) is 0 Å². The summed E-state index contributed by atoms with van der Waals surface area (Å²) in [7, 11) is 2.07. The number of aliphatic hydroxyl groups excluding tert-OH is 1. The third-order valence-electron chi connectivity index (χ3n) is 2.13. The fraction of sp³-hybridized carbons (Fsp3) is 1.00. The smallest absolute Gasteiger partial charge is 0.0584 e. The molecule has 1 atom stereocenters. The fourth-order valence-electron chi connectivity index (χ4n) is 0.971. The topological polar surface area (TPSA) is 23.5 Å². The molecule has 0 aromatic heterocycles. The van der Waals surface area contributed by atoms with Crippen LogP contribution in [0.4, 0.5) is 0 Å². The summed E-state index contributed by atoms with van der Waals surface area (Å²) >= 11 is 0. The van der Waals surface area contributed by atoms with Gasteiger partial charge >= 0.3 is 0 Å². The van der Waals surface area contributed by atoms with Crippen LogP contribution in [0.25, 0.3) is 0 Å². The van der Waals surface area contributed by atoms with Gasteiger partial charge in [0.1, 0.15) is 0 Å². The average Bonchev–Trinajstić information content (AvgIpc) is 2.03. The van der Waals surface area contributed by atoms with E-state index in [0.29, 0.717) is 6.04 Å². The molecular weight excluding hydrogens is 138 g/mol. The summed E-state index contributed by atoms with van der Waals surface area (Å²) in [6.07, 6.45) is 3.81. The lowest BCUT2D eigenvalue weighted by Crippen LogP contribution is -2.32. The predicted octanol–water partition coefficient (Wildman–Crippen LogP) is 1.49. The lowest BCUT2D eigenvalue weighted by molar-refractivity contribution is 0.157. The van der Waals surface area contributed by atoms with Crippen molar-refractivity contribution in [2.45, 2.75) is 39.2 Å². The molecule has 0 amide bonds. The Balaban J connectivity index is 3.28. The number of rotatable bonds is 6. The van der Waals surface area contributed by atoms with Crippen LogP contribution in [0.3, 0.4) is 0 Å². The molecule has 0 bridgehead atoms.